The molecule has 0 aromatic heterocycles. The van der Waals surface area contributed by atoms with E-state index >= 15 is 0 Å². The fourth-order valence-corrected chi connectivity index (χ4v) is 14.6. The van der Waals surface area contributed by atoms with Crippen molar-refractivity contribution in [3.8, 4) is 0 Å². The van der Waals surface area contributed by atoms with Crippen molar-refractivity contribution in [2.24, 2.45) is 0 Å². The molecule has 4 rings (SSSR count). The highest BCUT2D eigenvalue weighted by Crippen LogP contribution is 2.47. The molecule has 2 aromatic carbocycles. The number of fused-ring (bicyclic) bond motifs is 1. The molecule has 2 aromatic rings. The second kappa shape index (κ2) is 30.6. The summed E-state index contributed by atoms with van der Waals surface area (Å²) < 4.78 is 21.9. The molecule has 0 bridgehead atoms. The predicted molar refractivity (Wildman–Crippen MR) is 272 cm³/mol. The molecule has 62 heavy (non-hydrogen) atoms. The fraction of sp³-hybridized carbons (Fsp3) is 0.655. The Labute approximate surface area is 383 Å². The van der Waals surface area contributed by atoms with Crippen molar-refractivity contribution in [1.29, 1.82) is 0 Å². The van der Waals surface area contributed by atoms with Gasteiger partial charge in [-0.1, -0.05) is 221 Å². The molecule has 3 nitrogen and oxygen atoms in total. The van der Waals surface area contributed by atoms with Crippen molar-refractivity contribution < 1.29 is 13.9 Å². The Balaban J connectivity index is 1.24. The van der Waals surface area contributed by atoms with E-state index < -0.39 is 14.1 Å². The van der Waals surface area contributed by atoms with Gasteiger partial charge in [0.15, 0.2) is 5.79 Å². The maximum absolute atomic E-state index is 7.59. The van der Waals surface area contributed by atoms with Gasteiger partial charge in [0.25, 0.3) is 8.32 Å². The minimum atomic E-state index is -2.63. The van der Waals surface area contributed by atoms with Crippen LogP contribution in [-0.4, -0.2) is 32.4 Å². The molecule has 0 N–H and O–H groups in total. The van der Waals surface area contributed by atoms with Crippen LogP contribution in [0, 0.1) is 0 Å². The van der Waals surface area contributed by atoms with Gasteiger partial charge >= 0.3 is 0 Å². The Morgan fingerprint density at radius 1 is 0.500 bits per heavy atom. The maximum atomic E-state index is 7.59. The second-order valence-electron chi connectivity index (χ2n) is 19.8. The fourth-order valence-electron chi connectivity index (χ4n) is 9.91. The van der Waals surface area contributed by atoms with Crippen LogP contribution in [0.4, 0.5) is 0 Å². The Bertz CT molecular complexity index is 1420. The first-order valence-corrected chi connectivity index (χ1v) is 28.0. The number of hydrogen-bond donors (Lipinski definition) is 0. The summed E-state index contributed by atoms with van der Waals surface area (Å²) in [7, 11) is -2.63. The zero-order valence-electron chi connectivity index (χ0n) is 40.6. The van der Waals surface area contributed by atoms with Gasteiger partial charge in [-0.05, 0) is 92.5 Å². The molecule has 0 radical (unpaired) electrons. The normalized spacial score (nSPS) is 19.3. The number of rotatable bonds is 34. The zero-order valence-corrected chi connectivity index (χ0v) is 41.6. The van der Waals surface area contributed by atoms with E-state index in [2.05, 4.69) is 144 Å². The number of unbranched alkanes of at least 4 members (excludes halogenated alkanes) is 18. The van der Waals surface area contributed by atoms with Gasteiger partial charge in [0.1, 0.15) is 0 Å². The third kappa shape index (κ3) is 18.5. The minimum absolute atomic E-state index is 0.0397. The lowest BCUT2D eigenvalue weighted by Gasteiger charge is -2.45. The van der Waals surface area contributed by atoms with Crippen molar-refractivity contribution in [2.75, 3.05) is 0 Å². The molecule has 1 unspecified atom stereocenters. The summed E-state index contributed by atoms with van der Waals surface area (Å²) in [5.41, 5.74) is 0. The van der Waals surface area contributed by atoms with E-state index in [-0.39, 0.29) is 23.4 Å². The number of ether oxygens (including phenoxy) is 2. The topological polar surface area (TPSA) is 27.7 Å². The first kappa shape index (κ1) is 52.1. The number of hydrogen-bond acceptors (Lipinski definition) is 3. The molecule has 1 aliphatic carbocycles. The SMILES string of the molecule is CCCCC/C=C\C/C=C\CCCCCCCCC1(CCCCCCCC/C=C\C/C=C\CCCCC)O[C@H]2CC(O[Si](c3ccccc3)(c3ccccc3)C(C)(C)C)C[C@H]2O1. The molecule has 1 aliphatic heterocycles. The molecule has 2 aliphatic rings. The Morgan fingerprint density at radius 2 is 0.855 bits per heavy atom. The lowest BCUT2D eigenvalue weighted by molar-refractivity contribution is -0.194. The van der Waals surface area contributed by atoms with Gasteiger partial charge in [0, 0.05) is 25.7 Å². The molecular weight excluding hydrogens is 773 g/mol. The highest BCUT2D eigenvalue weighted by Gasteiger charge is 2.56. The van der Waals surface area contributed by atoms with Crippen LogP contribution in [0.5, 0.6) is 0 Å². The van der Waals surface area contributed by atoms with Crippen molar-refractivity contribution in [3.05, 3.63) is 109 Å². The van der Waals surface area contributed by atoms with E-state index in [9.17, 15) is 0 Å². The van der Waals surface area contributed by atoms with Crippen LogP contribution in [0.2, 0.25) is 5.04 Å². The average Bonchev–Trinajstić information content (AvgIpc) is 3.80. The third-order valence-electron chi connectivity index (χ3n) is 13.4. The zero-order chi connectivity index (χ0) is 44.0. The monoisotopic (exact) mass is 865 g/mol. The van der Waals surface area contributed by atoms with E-state index in [1.807, 2.05) is 0 Å². The van der Waals surface area contributed by atoms with Gasteiger partial charge in [-0.15, -0.1) is 0 Å². The first-order valence-electron chi connectivity index (χ1n) is 26.1. The molecule has 0 spiro atoms. The number of allylic oxidation sites excluding steroid dienone is 8. The van der Waals surface area contributed by atoms with Crippen molar-refractivity contribution >= 4 is 18.7 Å². The lowest BCUT2D eigenvalue weighted by Crippen LogP contribution is -2.67. The first-order chi connectivity index (χ1) is 30.3. The summed E-state index contributed by atoms with van der Waals surface area (Å²) in [6.07, 6.45) is 53.7. The molecule has 1 heterocycles. The van der Waals surface area contributed by atoms with Crippen LogP contribution < -0.4 is 10.4 Å². The Morgan fingerprint density at radius 3 is 1.23 bits per heavy atom. The van der Waals surface area contributed by atoms with Gasteiger partial charge in [0.2, 0.25) is 0 Å². The highest BCUT2D eigenvalue weighted by molar-refractivity contribution is 6.99. The van der Waals surface area contributed by atoms with Gasteiger partial charge in [0.05, 0.1) is 18.3 Å². The van der Waals surface area contributed by atoms with Crippen molar-refractivity contribution in [2.45, 2.75) is 244 Å². The third-order valence-corrected chi connectivity index (χ3v) is 18.5. The van der Waals surface area contributed by atoms with Crippen LogP contribution >= 0.6 is 0 Å². The smallest absolute Gasteiger partial charge is 0.261 e. The van der Waals surface area contributed by atoms with Gasteiger partial charge in [-0.2, -0.15) is 0 Å². The van der Waals surface area contributed by atoms with Gasteiger partial charge in [-0.25, -0.2) is 0 Å². The lowest BCUT2D eigenvalue weighted by atomic mass is 9.98. The summed E-state index contributed by atoms with van der Waals surface area (Å²) in [5.74, 6) is -0.428. The van der Waals surface area contributed by atoms with E-state index in [0.29, 0.717) is 0 Å². The summed E-state index contributed by atoms with van der Waals surface area (Å²) in [6.45, 7) is 11.7. The van der Waals surface area contributed by atoms with E-state index in [1.54, 1.807) is 0 Å². The van der Waals surface area contributed by atoms with Crippen molar-refractivity contribution in [1.82, 2.24) is 0 Å². The molecule has 4 heteroatoms. The predicted octanol–water partition coefficient (Wildman–Crippen LogP) is 16.6. The summed E-state index contributed by atoms with van der Waals surface area (Å²) in [4.78, 5) is 0. The van der Waals surface area contributed by atoms with Crippen LogP contribution in [0.3, 0.4) is 0 Å². The minimum Gasteiger partial charge on any atom is -0.404 e. The van der Waals surface area contributed by atoms with E-state index in [0.717, 1.165) is 38.5 Å². The van der Waals surface area contributed by atoms with Crippen LogP contribution in [-0.2, 0) is 13.9 Å². The Kier molecular flexibility index (Phi) is 25.7. The molecule has 1 saturated carbocycles. The molecule has 0 amide bonds. The van der Waals surface area contributed by atoms with Crippen LogP contribution in [0.15, 0.2) is 109 Å². The maximum Gasteiger partial charge on any atom is 0.261 e. The Hall–Kier alpha value is -2.50. The quantitative estimate of drug-likeness (QED) is 0.0398. The van der Waals surface area contributed by atoms with E-state index in [1.165, 1.54) is 152 Å². The average molecular weight is 865 g/mol. The molecule has 2 fully saturated rings. The van der Waals surface area contributed by atoms with Crippen molar-refractivity contribution in [3.63, 3.8) is 0 Å². The van der Waals surface area contributed by atoms with Gasteiger partial charge < -0.3 is 13.9 Å². The molecular formula is C58H92O3Si. The van der Waals surface area contributed by atoms with Crippen LogP contribution in [0.1, 0.15) is 214 Å². The van der Waals surface area contributed by atoms with Crippen LogP contribution in [0.25, 0.3) is 0 Å². The second-order valence-corrected chi connectivity index (χ2v) is 24.0. The molecule has 1 saturated heterocycles. The summed E-state index contributed by atoms with van der Waals surface area (Å²) in [5, 5.41) is 2.66. The summed E-state index contributed by atoms with van der Waals surface area (Å²) >= 11 is 0. The van der Waals surface area contributed by atoms with E-state index in [4.69, 9.17) is 13.9 Å². The molecule has 346 valence electrons. The van der Waals surface area contributed by atoms with Gasteiger partial charge in [-0.3, -0.25) is 0 Å². The standard InChI is InChI=1S/C58H92O3Si/c1-6-8-10-12-14-16-18-20-22-24-26-28-30-32-34-42-48-58(49-43-35-33-31-29-27-25-23-21-19-17-15-13-11-9-7-2)59-55-50-52(51-56(55)60-58)61-62(57(3,4)5,53-44-38-36-39-45-53)54-46-40-37-41-47-54/h14-17,20-23,36-41,44-47,52,55-56H,6-13,18-19,24-35,42-43,48-51H2,1-5H3/b16-14-,17-15-,22-20-,23-21-/t52?,55-,56+. The largest absolute Gasteiger partial charge is 0.404 e. The number of benzene rings is 2. The highest BCUT2D eigenvalue weighted by atomic mass is 28.4. The molecule has 3 atom stereocenters. The summed E-state index contributed by atoms with van der Waals surface area (Å²) in [6, 6.07) is 22.2.